The Morgan fingerprint density at radius 1 is 1.32 bits per heavy atom. The molecule has 0 saturated heterocycles. The summed E-state index contributed by atoms with van der Waals surface area (Å²) in [6.07, 6.45) is 4.09. The second-order valence-corrected chi connectivity index (χ2v) is 6.45. The van der Waals surface area contributed by atoms with Crippen molar-refractivity contribution in [1.82, 2.24) is 19.9 Å². The third kappa shape index (κ3) is 2.81. The number of hydrogen-bond acceptors (Lipinski definition) is 6. The summed E-state index contributed by atoms with van der Waals surface area (Å²) in [7, 11) is 0. The highest BCUT2D eigenvalue weighted by Gasteiger charge is 2.30. The Morgan fingerprint density at radius 2 is 2.23 bits per heavy atom. The van der Waals surface area contributed by atoms with Gasteiger partial charge in [-0.3, -0.25) is 4.57 Å². The van der Waals surface area contributed by atoms with Crippen LogP contribution in [0.1, 0.15) is 41.8 Å². The lowest BCUT2D eigenvalue weighted by Gasteiger charge is -2.07. The molecule has 1 fully saturated rings. The number of furan rings is 1. The third-order valence-corrected chi connectivity index (χ3v) is 4.59. The Bertz CT molecular complexity index is 758. The van der Waals surface area contributed by atoms with E-state index >= 15 is 0 Å². The second-order valence-electron chi connectivity index (χ2n) is 5.50. The first kappa shape index (κ1) is 13.6. The van der Waals surface area contributed by atoms with Gasteiger partial charge < -0.3 is 8.94 Å². The Kier molecular flexibility index (Phi) is 3.49. The minimum Gasteiger partial charge on any atom is -0.467 e. The molecule has 22 heavy (non-hydrogen) atoms. The van der Waals surface area contributed by atoms with Gasteiger partial charge >= 0.3 is 0 Å². The zero-order valence-corrected chi connectivity index (χ0v) is 13.0. The van der Waals surface area contributed by atoms with Crippen LogP contribution in [0.15, 0.2) is 38.6 Å². The minimum atomic E-state index is 0.546. The van der Waals surface area contributed by atoms with Crippen molar-refractivity contribution in [3.63, 3.8) is 0 Å². The van der Waals surface area contributed by atoms with Crippen molar-refractivity contribution in [2.24, 2.45) is 0 Å². The van der Waals surface area contributed by atoms with Gasteiger partial charge in [-0.25, -0.2) is 0 Å². The standard InChI is InChI=1S/C15H16N4O2S/c1-10-7-13(21-18-10)9-22-15-17-16-14(11-4-5-11)19(15)8-12-3-2-6-20-12/h2-3,6-7,11H,4-5,8-9H2,1H3. The highest BCUT2D eigenvalue weighted by Crippen LogP contribution is 2.40. The molecule has 1 saturated carbocycles. The molecule has 1 aliphatic rings. The van der Waals surface area contributed by atoms with Gasteiger partial charge in [-0.1, -0.05) is 16.9 Å². The molecule has 0 aliphatic heterocycles. The molecular formula is C15H16N4O2S. The van der Waals surface area contributed by atoms with Crippen LogP contribution in [0.5, 0.6) is 0 Å². The van der Waals surface area contributed by atoms with Crippen LogP contribution < -0.4 is 0 Å². The molecule has 0 aromatic carbocycles. The predicted molar refractivity (Wildman–Crippen MR) is 80.6 cm³/mol. The van der Waals surface area contributed by atoms with Crippen molar-refractivity contribution >= 4 is 11.8 Å². The number of rotatable bonds is 6. The van der Waals surface area contributed by atoms with Gasteiger partial charge in [0.25, 0.3) is 0 Å². The third-order valence-electron chi connectivity index (χ3n) is 3.60. The molecule has 0 radical (unpaired) electrons. The fourth-order valence-electron chi connectivity index (χ4n) is 2.38. The van der Waals surface area contributed by atoms with Gasteiger partial charge in [-0.05, 0) is 31.9 Å². The lowest BCUT2D eigenvalue weighted by molar-refractivity contribution is 0.391. The van der Waals surface area contributed by atoms with Gasteiger partial charge in [0.2, 0.25) is 0 Å². The molecule has 0 bridgehead atoms. The summed E-state index contributed by atoms with van der Waals surface area (Å²) in [4.78, 5) is 0. The van der Waals surface area contributed by atoms with Gasteiger partial charge in [0, 0.05) is 12.0 Å². The summed E-state index contributed by atoms with van der Waals surface area (Å²) < 4.78 is 12.9. The Hall–Kier alpha value is -2.02. The normalized spacial score (nSPS) is 14.6. The zero-order chi connectivity index (χ0) is 14.9. The topological polar surface area (TPSA) is 69.9 Å². The molecule has 114 valence electrons. The van der Waals surface area contributed by atoms with Gasteiger partial charge in [-0.15, -0.1) is 10.2 Å². The van der Waals surface area contributed by atoms with E-state index in [1.165, 1.54) is 12.8 Å². The average molecular weight is 316 g/mol. The van der Waals surface area contributed by atoms with Crippen LogP contribution in [0.3, 0.4) is 0 Å². The van der Waals surface area contributed by atoms with E-state index in [1.54, 1.807) is 18.0 Å². The molecule has 0 unspecified atom stereocenters. The van der Waals surface area contributed by atoms with Crippen LogP contribution in [0.25, 0.3) is 0 Å². The summed E-state index contributed by atoms with van der Waals surface area (Å²) in [6, 6.07) is 5.83. The molecule has 0 N–H and O–H groups in total. The smallest absolute Gasteiger partial charge is 0.192 e. The van der Waals surface area contributed by atoms with E-state index in [0.29, 0.717) is 18.2 Å². The van der Waals surface area contributed by atoms with E-state index in [1.807, 2.05) is 25.1 Å². The molecule has 3 aromatic rings. The first-order chi connectivity index (χ1) is 10.8. The number of nitrogens with zero attached hydrogens (tertiary/aromatic N) is 4. The largest absolute Gasteiger partial charge is 0.467 e. The van der Waals surface area contributed by atoms with Crippen molar-refractivity contribution < 1.29 is 8.94 Å². The first-order valence-corrected chi connectivity index (χ1v) is 8.28. The lowest BCUT2D eigenvalue weighted by Crippen LogP contribution is -2.05. The number of thioether (sulfide) groups is 1. The fraction of sp³-hybridized carbons (Fsp3) is 0.400. The minimum absolute atomic E-state index is 0.546. The van der Waals surface area contributed by atoms with Crippen molar-refractivity contribution in [3.05, 3.63) is 47.5 Å². The van der Waals surface area contributed by atoms with Crippen molar-refractivity contribution in [1.29, 1.82) is 0 Å². The quantitative estimate of drug-likeness (QED) is 0.649. The summed E-state index contributed by atoms with van der Waals surface area (Å²) in [5.41, 5.74) is 0.895. The average Bonchev–Trinajstić information content (AvgIpc) is 2.91. The summed E-state index contributed by atoms with van der Waals surface area (Å²) in [5.74, 6) is 4.07. The molecule has 4 rings (SSSR count). The molecule has 0 spiro atoms. The zero-order valence-electron chi connectivity index (χ0n) is 12.2. The molecule has 0 amide bonds. The van der Waals surface area contributed by atoms with Gasteiger partial charge in [0.05, 0.1) is 24.3 Å². The van der Waals surface area contributed by atoms with Crippen LogP contribution in [-0.2, 0) is 12.3 Å². The van der Waals surface area contributed by atoms with Crippen molar-refractivity contribution in [2.75, 3.05) is 0 Å². The lowest BCUT2D eigenvalue weighted by atomic mass is 10.3. The van der Waals surface area contributed by atoms with E-state index in [2.05, 4.69) is 19.9 Å². The van der Waals surface area contributed by atoms with E-state index in [4.69, 9.17) is 8.94 Å². The molecule has 3 aromatic heterocycles. The number of aromatic nitrogens is 4. The Morgan fingerprint density at radius 3 is 2.91 bits per heavy atom. The maximum absolute atomic E-state index is 5.47. The van der Waals surface area contributed by atoms with Gasteiger partial charge in [-0.2, -0.15) is 0 Å². The first-order valence-electron chi connectivity index (χ1n) is 7.30. The van der Waals surface area contributed by atoms with E-state index < -0.39 is 0 Å². The molecule has 6 nitrogen and oxygen atoms in total. The van der Waals surface area contributed by atoms with Gasteiger partial charge in [0.15, 0.2) is 5.16 Å². The molecule has 0 atom stereocenters. The van der Waals surface area contributed by atoms with E-state index in [0.717, 1.165) is 28.2 Å². The Balaban J connectivity index is 1.55. The fourth-order valence-corrected chi connectivity index (χ4v) is 3.20. The maximum atomic E-state index is 5.47. The predicted octanol–water partition coefficient (Wildman–Crippen LogP) is 3.39. The second kappa shape index (κ2) is 5.64. The molecule has 7 heteroatoms. The molecule has 3 heterocycles. The number of hydrogen-bond donors (Lipinski definition) is 0. The van der Waals surface area contributed by atoms with Crippen LogP contribution in [0.4, 0.5) is 0 Å². The SMILES string of the molecule is Cc1cc(CSc2nnc(C3CC3)n2Cc2ccco2)on1. The monoisotopic (exact) mass is 316 g/mol. The number of aryl methyl sites for hydroxylation is 1. The highest BCUT2D eigenvalue weighted by molar-refractivity contribution is 7.98. The van der Waals surface area contributed by atoms with E-state index in [-0.39, 0.29) is 0 Å². The van der Waals surface area contributed by atoms with E-state index in [9.17, 15) is 0 Å². The molecular weight excluding hydrogens is 300 g/mol. The Labute approximate surface area is 131 Å². The summed E-state index contributed by atoms with van der Waals surface area (Å²) >= 11 is 1.62. The van der Waals surface area contributed by atoms with Crippen LogP contribution in [-0.4, -0.2) is 19.9 Å². The summed E-state index contributed by atoms with van der Waals surface area (Å²) in [5, 5.41) is 13.5. The molecule has 1 aliphatic carbocycles. The van der Waals surface area contributed by atoms with Crippen LogP contribution in [0, 0.1) is 6.92 Å². The van der Waals surface area contributed by atoms with Gasteiger partial charge in [0.1, 0.15) is 17.3 Å². The van der Waals surface area contributed by atoms with Crippen molar-refractivity contribution in [2.45, 2.75) is 43.1 Å². The maximum Gasteiger partial charge on any atom is 0.192 e. The van der Waals surface area contributed by atoms with Crippen LogP contribution >= 0.6 is 11.8 Å². The highest BCUT2D eigenvalue weighted by atomic mass is 32.2. The summed E-state index contributed by atoms with van der Waals surface area (Å²) in [6.45, 7) is 2.59. The van der Waals surface area contributed by atoms with Crippen molar-refractivity contribution in [3.8, 4) is 0 Å². The van der Waals surface area contributed by atoms with Crippen LogP contribution in [0.2, 0.25) is 0 Å².